The minimum absolute atomic E-state index is 0.0240. The third kappa shape index (κ3) is 3.42. The first-order valence-corrected chi connectivity index (χ1v) is 9.82. The Morgan fingerprint density at radius 1 is 1.32 bits per heavy atom. The van der Waals surface area contributed by atoms with Gasteiger partial charge in [-0.15, -0.1) is 0 Å². The number of nitrogens with two attached hydrogens (primary N) is 2. The van der Waals surface area contributed by atoms with Crippen molar-refractivity contribution in [2.45, 2.75) is 37.1 Å². The second-order valence-electron chi connectivity index (χ2n) is 6.13. The number of piperidine rings is 1. The normalized spacial score (nSPS) is 19.0. The number of nitrogens with zero attached hydrogens (tertiary/aromatic N) is 3. The lowest BCUT2D eigenvalue weighted by atomic mass is 10.1. The molecule has 0 bridgehead atoms. The molecule has 1 aromatic carbocycles. The average Bonchev–Trinajstić information content (AvgIpc) is 2.57. The Hall–Kier alpha value is -1.90. The van der Waals surface area contributed by atoms with Gasteiger partial charge in [0.15, 0.2) is 11.8 Å². The van der Waals surface area contributed by atoms with E-state index in [0.29, 0.717) is 22.3 Å². The average molecular weight is 382 g/mol. The van der Waals surface area contributed by atoms with Crippen LogP contribution in [0.25, 0.3) is 10.8 Å². The molecule has 7 nitrogen and oxygen atoms in total. The van der Waals surface area contributed by atoms with Crippen molar-refractivity contribution in [2.24, 2.45) is 16.5 Å². The van der Waals surface area contributed by atoms with E-state index in [1.54, 1.807) is 16.4 Å². The molecular formula is C16H20ClN5O2S. The van der Waals surface area contributed by atoms with Crippen LogP contribution in [-0.2, 0) is 10.0 Å². The van der Waals surface area contributed by atoms with Gasteiger partial charge in [-0.3, -0.25) is 0 Å². The smallest absolute Gasteiger partial charge is 0.243 e. The maximum Gasteiger partial charge on any atom is 0.243 e. The number of pyridine rings is 1. The number of fused-ring (bicyclic) bond motifs is 1. The van der Waals surface area contributed by atoms with Gasteiger partial charge in [0.1, 0.15) is 0 Å². The van der Waals surface area contributed by atoms with E-state index < -0.39 is 10.0 Å². The van der Waals surface area contributed by atoms with Gasteiger partial charge in [-0.05, 0) is 31.9 Å². The zero-order valence-electron chi connectivity index (χ0n) is 13.8. The highest BCUT2D eigenvalue weighted by atomic mass is 35.5. The lowest BCUT2D eigenvalue weighted by Gasteiger charge is -2.32. The van der Waals surface area contributed by atoms with Crippen molar-refractivity contribution < 1.29 is 8.42 Å². The van der Waals surface area contributed by atoms with Gasteiger partial charge in [0, 0.05) is 29.6 Å². The number of halogens is 1. The number of rotatable bonds is 3. The van der Waals surface area contributed by atoms with Crippen LogP contribution in [-0.4, -0.2) is 36.3 Å². The molecular weight excluding hydrogens is 362 g/mol. The number of guanidine groups is 1. The summed E-state index contributed by atoms with van der Waals surface area (Å²) in [7, 11) is -3.61. The third-order valence-electron chi connectivity index (χ3n) is 4.37. The highest BCUT2D eigenvalue weighted by Crippen LogP contribution is 2.33. The molecule has 0 amide bonds. The molecule has 0 radical (unpaired) electrons. The van der Waals surface area contributed by atoms with Crippen LogP contribution in [0, 0.1) is 0 Å². The Labute approximate surface area is 151 Å². The number of benzene rings is 1. The van der Waals surface area contributed by atoms with E-state index in [4.69, 9.17) is 23.1 Å². The Balaban J connectivity index is 2.16. The van der Waals surface area contributed by atoms with Gasteiger partial charge < -0.3 is 11.5 Å². The van der Waals surface area contributed by atoms with Crippen molar-refractivity contribution in [3.05, 3.63) is 29.4 Å². The van der Waals surface area contributed by atoms with Crippen molar-refractivity contribution in [1.82, 2.24) is 9.29 Å². The molecule has 2 heterocycles. The van der Waals surface area contributed by atoms with Crippen LogP contribution in [0.3, 0.4) is 0 Å². The van der Waals surface area contributed by atoms with Gasteiger partial charge in [0.05, 0.1) is 9.92 Å². The quantitative estimate of drug-likeness (QED) is 0.625. The molecule has 1 saturated heterocycles. The van der Waals surface area contributed by atoms with E-state index in [0.717, 1.165) is 19.3 Å². The summed E-state index contributed by atoms with van der Waals surface area (Å²) < 4.78 is 27.6. The first kappa shape index (κ1) is 17.9. The summed E-state index contributed by atoms with van der Waals surface area (Å²) in [5, 5.41) is 1.54. The molecule has 3 rings (SSSR count). The minimum atomic E-state index is -3.61. The van der Waals surface area contributed by atoms with Crippen molar-refractivity contribution in [1.29, 1.82) is 0 Å². The molecule has 1 aliphatic rings. The topological polar surface area (TPSA) is 115 Å². The maximum atomic E-state index is 13.0. The van der Waals surface area contributed by atoms with Crippen molar-refractivity contribution >= 4 is 44.2 Å². The Morgan fingerprint density at radius 2 is 2.08 bits per heavy atom. The molecule has 9 heteroatoms. The van der Waals surface area contributed by atoms with E-state index in [1.807, 2.05) is 6.92 Å². The summed E-state index contributed by atoms with van der Waals surface area (Å²) in [6, 6.07) is 4.73. The largest absolute Gasteiger partial charge is 0.370 e. The molecule has 2 aromatic rings. The summed E-state index contributed by atoms with van der Waals surface area (Å²) in [6.45, 7) is 2.46. The second-order valence-corrected chi connectivity index (χ2v) is 8.43. The fourth-order valence-electron chi connectivity index (χ4n) is 3.11. The summed E-state index contributed by atoms with van der Waals surface area (Å²) >= 11 is 6.17. The van der Waals surface area contributed by atoms with Crippen LogP contribution in [0.4, 0.5) is 5.82 Å². The zero-order valence-corrected chi connectivity index (χ0v) is 15.4. The fourth-order valence-corrected chi connectivity index (χ4v) is 5.05. The fraction of sp³-hybridized carbons (Fsp3) is 0.375. The summed E-state index contributed by atoms with van der Waals surface area (Å²) in [4.78, 5) is 8.27. The first-order valence-electron chi connectivity index (χ1n) is 8.00. The van der Waals surface area contributed by atoms with Crippen molar-refractivity contribution in [2.75, 3.05) is 6.54 Å². The minimum Gasteiger partial charge on any atom is -0.370 e. The molecule has 1 aromatic heterocycles. The van der Waals surface area contributed by atoms with Crippen LogP contribution in [0.5, 0.6) is 0 Å². The molecule has 0 unspecified atom stereocenters. The van der Waals surface area contributed by atoms with Crippen molar-refractivity contribution in [3.8, 4) is 0 Å². The molecule has 1 fully saturated rings. The maximum absolute atomic E-state index is 13.0. The molecule has 0 aliphatic carbocycles. The molecule has 1 atom stereocenters. The predicted molar refractivity (Wildman–Crippen MR) is 99.4 cm³/mol. The van der Waals surface area contributed by atoms with E-state index in [1.165, 1.54) is 12.3 Å². The summed E-state index contributed by atoms with van der Waals surface area (Å²) in [5.41, 5.74) is 10.9. The van der Waals surface area contributed by atoms with Gasteiger partial charge in [-0.25, -0.2) is 13.4 Å². The van der Waals surface area contributed by atoms with E-state index >= 15 is 0 Å². The first-order chi connectivity index (χ1) is 11.8. The van der Waals surface area contributed by atoms with Gasteiger partial charge >= 0.3 is 0 Å². The van der Waals surface area contributed by atoms with Crippen LogP contribution >= 0.6 is 11.6 Å². The SMILES string of the molecule is C[C@H]1CCCCN1S(=O)(=O)c1ccc2c(Cl)cnc(N=C(N)N)c2c1. The molecule has 0 spiro atoms. The lowest BCUT2D eigenvalue weighted by molar-refractivity contribution is 0.268. The third-order valence-corrected chi connectivity index (χ3v) is 6.68. The number of sulfonamides is 1. The number of hydrogen-bond acceptors (Lipinski definition) is 4. The van der Waals surface area contributed by atoms with E-state index in [-0.39, 0.29) is 22.7 Å². The monoisotopic (exact) mass is 381 g/mol. The Bertz CT molecular complexity index is 941. The van der Waals surface area contributed by atoms with Crippen LogP contribution in [0.2, 0.25) is 5.02 Å². The van der Waals surface area contributed by atoms with Gasteiger partial charge in [0.25, 0.3) is 0 Å². The predicted octanol–water partition coefficient (Wildman–Crippen LogP) is 2.36. The standard InChI is InChI=1S/C16H20ClN5O2S/c1-10-4-2-3-7-22(10)25(23,24)11-5-6-12-13(8-11)15(21-16(18)19)20-9-14(12)17/h5-6,8-10H,2-4,7H2,1H3,(H4,18,19,20,21)/t10-/m0/s1. The van der Waals surface area contributed by atoms with E-state index in [9.17, 15) is 8.42 Å². The zero-order chi connectivity index (χ0) is 18.2. The number of aromatic nitrogens is 1. The van der Waals surface area contributed by atoms with Gasteiger partial charge in [-0.2, -0.15) is 9.30 Å². The highest BCUT2D eigenvalue weighted by molar-refractivity contribution is 7.89. The summed E-state index contributed by atoms with van der Waals surface area (Å²) in [6.07, 6.45) is 4.20. The Morgan fingerprint density at radius 3 is 2.76 bits per heavy atom. The molecule has 1 aliphatic heterocycles. The molecule has 4 N–H and O–H groups in total. The van der Waals surface area contributed by atoms with Gasteiger partial charge in [-0.1, -0.05) is 24.1 Å². The second kappa shape index (κ2) is 6.78. The number of aliphatic imine (C=N–C) groups is 1. The number of hydrogen-bond donors (Lipinski definition) is 2. The summed E-state index contributed by atoms with van der Waals surface area (Å²) in [5.74, 6) is 0.0807. The molecule has 134 valence electrons. The van der Waals surface area contributed by atoms with Crippen LogP contribution in [0.1, 0.15) is 26.2 Å². The Kier molecular flexibility index (Phi) is 4.86. The van der Waals surface area contributed by atoms with Crippen molar-refractivity contribution in [3.63, 3.8) is 0 Å². The van der Waals surface area contributed by atoms with Crippen LogP contribution in [0.15, 0.2) is 34.3 Å². The van der Waals surface area contributed by atoms with Gasteiger partial charge in [0.2, 0.25) is 10.0 Å². The molecule has 0 saturated carbocycles. The lowest BCUT2D eigenvalue weighted by Crippen LogP contribution is -2.41. The molecule has 25 heavy (non-hydrogen) atoms. The van der Waals surface area contributed by atoms with Crippen LogP contribution < -0.4 is 11.5 Å². The highest BCUT2D eigenvalue weighted by Gasteiger charge is 2.31. The van der Waals surface area contributed by atoms with E-state index in [2.05, 4.69) is 9.98 Å².